The smallest absolute Gasteiger partial charge is 0.227 e. The molecule has 3 aromatic rings. The van der Waals surface area contributed by atoms with Gasteiger partial charge in [-0.15, -0.1) is 10.2 Å². The van der Waals surface area contributed by atoms with Gasteiger partial charge in [0.15, 0.2) is 11.0 Å². The number of hydrogen-bond donors (Lipinski definition) is 1. The number of carbonyl (C=O) groups is 1. The summed E-state index contributed by atoms with van der Waals surface area (Å²) in [7, 11) is 0. The van der Waals surface area contributed by atoms with Crippen molar-refractivity contribution in [2.75, 3.05) is 5.75 Å². The van der Waals surface area contributed by atoms with Gasteiger partial charge in [0, 0.05) is 5.56 Å². The van der Waals surface area contributed by atoms with E-state index < -0.39 is 0 Å². The number of nitrogens with two attached hydrogens (primary N) is 1. The van der Waals surface area contributed by atoms with Gasteiger partial charge in [0.25, 0.3) is 0 Å². The van der Waals surface area contributed by atoms with Crippen molar-refractivity contribution in [3.8, 4) is 17.1 Å². The van der Waals surface area contributed by atoms with E-state index >= 15 is 0 Å². The van der Waals surface area contributed by atoms with Crippen LogP contribution in [0.1, 0.15) is 37.5 Å². The van der Waals surface area contributed by atoms with E-state index in [-0.39, 0.29) is 17.1 Å². The third-order valence-electron chi connectivity index (χ3n) is 4.80. The van der Waals surface area contributed by atoms with Crippen LogP contribution in [0.2, 0.25) is 0 Å². The quantitative estimate of drug-likeness (QED) is 0.650. The summed E-state index contributed by atoms with van der Waals surface area (Å²) in [6.07, 6.45) is 0. The molecule has 1 heterocycles. The molecule has 0 aliphatic carbocycles. The topological polar surface area (TPSA) is 73.8 Å². The van der Waals surface area contributed by atoms with Crippen LogP contribution in [-0.2, 0) is 10.2 Å². The highest BCUT2D eigenvalue weighted by Gasteiger charge is 2.20. The summed E-state index contributed by atoms with van der Waals surface area (Å²) in [5.74, 6) is 0.532. The van der Waals surface area contributed by atoms with Crippen LogP contribution in [0, 0.1) is 13.8 Å². The lowest BCUT2D eigenvalue weighted by Gasteiger charge is -2.19. The molecule has 0 spiro atoms. The van der Waals surface area contributed by atoms with E-state index in [4.69, 9.17) is 5.73 Å². The van der Waals surface area contributed by atoms with E-state index in [1.165, 1.54) is 22.9 Å². The lowest BCUT2D eigenvalue weighted by atomic mass is 9.86. The second-order valence-corrected chi connectivity index (χ2v) is 8.89. The lowest BCUT2D eigenvalue weighted by Crippen LogP contribution is -2.14. The Morgan fingerprint density at radius 2 is 1.75 bits per heavy atom. The van der Waals surface area contributed by atoms with Crippen LogP contribution >= 0.6 is 11.8 Å². The third kappa shape index (κ3) is 4.12. The van der Waals surface area contributed by atoms with Crippen LogP contribution in [0.15, 0.2) is 47.6 Å². The van der Waals surface area contributed by atoms with Crippen LogP contribution in [0.3, 0.4) is 0 Å². The molecule has 0 bridgehead atoms. The van der Waals surface area contributed by atoms with Crippen LogP contribution < -0.4 is 5.73 Å². The highest BCUT2D eigenvalue weighted by Crippen LogP contribution is 2.31. The van der Waals surface area contributed by atoms with Gasteiger partial charge in [-0.1, -0.05) is 68.9 Å². The van der Waals surface area contributed by atoms with Crippen molar-refractivity contribution in [1.29, 1.82) is 0 Å². The molecule has 6 heteroatoms. The highest BCUT2D eigenvalue weighted by atomic mass is 32.2. The fourth-order valence-electron chi connectivity index (χ4n) is 3.00. The first-order valence-electron chi connectivity index (χ1n) is 9.22. The number of primary amides is 1. The third-order valence-corrected chi connectivity index (χ3v) is 5.75. The minimum absolute atomic E-state index is 0.0852. The molecule has 2 N–H and O–H groups in total. The number of aromatic nitrogens is 3. The maximum Gasteiger partial charge on any atom is 0.227 e. The maximum atomic E-state index is 11.3. The Bertz CT molecular complexity index is 1000. The van der Waals surface area contributed by atoms with Gasteiger partial charge >= 0.3 is 0 Å². The fourth-order valence-corrected chi connectivity index (χ4v) is 3.68. The van der Waals surface area contributed by atoms with Crippen molar-refractivity contribution >= 4 is 17.7 Å². The predicted molar refractivity (Wildman–Crippen MR) is 115 cm³/mol. The summed E-state index contributed by atoms with van der Waals surface area (Å²) >= 11 is 1.30. The van der Waals surface area contributed by atoms with Crippen molar-refractivity contribution in [3.63, 3.8) is 0 Å². The lowest BCUT2D eigenvalue weighted by molar-refractivity contribution is -0.115. The molecule has 0 saturated carbocycles. The predicted octanol–water partition coefficient (Wildman–Crippen LogP) is 4.43. The Morgan fingerprint density at radius 1 is 1.07 bits per heavy atom. The normalized spacial score (nSPS) is 11.6. The first-order chi connectivity index (χ1) is 13.2. The number of amides is 1. The van der Waals surface area contributed by atoms with Gasteiger partial charge in [0.1, 0.15) is 0 Å². The molecule has 28 heavy (non-hydrogen) atoms. The van der Waals surface area contributed by atoms with Gasteiger partial charge in [-0.05, 0) is 42.0 Å². The summed E-state index contributed by atoms with van der Waals surface area (Å²) in [4.78, 5) is 11.3. The summed E-state index contributed by atoms with van der Waals surface area (Å²) in [6.45, 7) is 10.7. The van der Waals surface area contributed by atoms with Crippen molar-refractivity contribution in [2.24, 2.45) is 5.73 Å². The molecule has 0 unspecified atom stereocenters. The Hall–Kier alpha value is -2.60. The molecule has 0 saturated heterocycles. The van der Waals surface area contributed by atoms with Crippen molar-refractivity contribution in [2.45, 2.75) is 45.2 Å². The monoisotopic (exact) mass is 394 g/mol. The summed E-state index contributed by atoms with van der Waals surface area (Å²) in [5, 5.41) is 9.45. The first-order valence-corrected chi connectivity index (χ1v) is 10.2. The largest absolute Gasteiger partial charge is 0.369 e. The molecule has 0 aliphatic heterocycles. The van der Waals surface area contributed by atoms with E-state index in [0.717, 1.165) is 22.6 Å². The minimum atomic E-state index is -0.378. The van der Waals surface area contributed by atoms with E-state index in [2.05, 4.69) is 75.1 Å². The van der Waals surface area contributed by atoms with Crippen molar-refractivity contribution < 1.29 is 4.79 Å². The number of hydrogen-bond acceptors (Lipinski definition) is 4. The summed E-state index contributed by atoms with van der Waals surface area (Å²) < 4.78 is 2.02. The van der Waals surface area contributed by atoms with Gasteiger partial charge in [-0.3, -0.25) is 9.36 Å². The Labute approximate surface area is 170 Å². The molecule has 0 radical (unpaired) electrons. The van der Waals surface area contributed by atoms with Gasteiger partial charge < -0.3 is 5.73 Å². The van der Waals surface area contributed by atoms with Gasteiger partial charge in [0.2, 0.25) is 5.91 Å². The van der Waals surface area contributed by atoms with Gasteiger partial charge in [-0.2, -0.15) is 0 Å². The molecule has 1 aromatic heterocycles. The molecule has 1 amide bonds. The molecular formula is C22H26N4OS. The second-order valence-electron chi connectivity index (χ2n) is 7.94. The van der Waals surface area contributed by atoms with E-state index in [0.29, 0.717) is 5.16 Å². The number of nitrogens with zero attached hydrogens (tertiary/aromatic N) is 3. The number of rotatable bonds is 5. The molecule has 0 fully saturated rings. The van der Waals surface area contributed by atoms with Crippen LogP contribution in [0.25, 0.3) is 17.1 Å². The average Bonchev–Trinajstić information content (AvgIpc) is 3.05. The second kappa shape index (κ2) is 7.80. The number of aryl methyl sites for hydroxylation is 1. The number of carbonyl (C=O) groups excluding carboxylic acids is 1. The van der Waals surface area contributed by atoms with E-state index in [9.17, 15) is 4.79 Å². The first kappa shape index (κ1) is 20.1. The zero-order valence-corrected chi connectivity index (χ0v) is 17.8. The van der Waals surface area contributed by atoms with E-state index in [1.54, 1.807) is 0 Å². The van der Waals surface area contributed by atoms with Crippen molar-refractivity contribution in [3.05, 3.63) is 59.2 Å². The van der Waals surface area contributed by atoms with Gasteiger partial charge in [0.05, 0.1) is 11.4 Å². The molecule has 0 aliphatic rings. The van der Waals surface area contributed by atoms with Crippen molar-refractivity contribution in [1.82, 2.24) is 14.8 Å². The summed E-state index contributed by atoms with van der Waals surface area (Å²) in [6, 6.07) is 14.6. The van der Waals surface area contributed by atoms with E-state index in [1.807, 2.05) is 16.7 Å². The standard InChI is InChI=1S/C22H26N4OS/c1-14-7-6-8-18(15(14)2)26-20(24-25-21(26)28-13-19(23)27)16-9-11-17(12-10-16)22(3,4)5/h6-12H,13H2,1-5H3,(H2,23,27). The maximum absolute atomic E-state index is 11.3. The Morgan fingerprint density at radius 3 is 2.36 bits per heavy atom. The van der Waals surface area contributed by atoms with Gasteiger partial charge in [-0.25, -0.2) is 0 Å². The SMILES string of the molecule is Cc1cccc(-n2c(SCC(N)=O)nnc2-c2ccc(C(C)(C)C)cc2)c1C. The zero-order valence-electron chi connectivity index (χ0n) is 17.0. The number of benzene rings is 2. The van der Waals surface area contributed by atoms with Crippen LogP contribution in [0.4, 0.5) is 0 Å². The highest BCUT2D eigenvalue weighted by molar-refractivity contribution is 7.99. The Kier molecular flexibility index (Phi) is 5.61. The molecule has 2 aromatic carbocycles. The fraction of sp³-hybridized carbons (Fsp3) is 0.318. The molecule has 146 valence electrons. The Balaban J connectivity index is 2.14. The molecular weight excluding hydrogens is 368 g/mol. The minimum Gasteiger partial charge on any atom is -0.369 e. The zero-order chi connectivity index (χ0) is 20.5. The number of thioether (sulfide) groups is 1. The molecule has 0 atom stereocenters. The summed E-state index contributed by atoms with van der Waals surface area (Å²) in [5.41, 5.74) is 11.0. The molecule has 5 nitrogen and oxygen atoms in total. The molecule has 3 rings (SSSR count). The average molecular weight is 395 g/mol. The van der Waals surface area contributed by atoms with Crippen LogP contribution in [0.5, 0.6) is 0 Å². The van der Waals surface area contributed by atoms with Crippen LogP contribution in [-0.4, -0.2) is 26.4 Å².